The predicted octanol–water partition coefficient (Wildman–Crippen LogP) is 4.34. The molecule has 1 fully saturated rings. The van der Waals surface area contributed by atoms with Gasteiger partial charge < -0.3 is 25.0 Å². The number of carbonyl (C=O) groups is 2. The van der Waals surface area contributed by atoms with Crippen molar-refractivity contribution in [2.45, 2.75) is 44.6 Å². The van der Waals surface area contributed by atoms with Gasteiger partial charge in [0.25, 0.3) is 5.91 Å². The minimum Gasteiger partial charge on any atom is -0.494 e. The molecule has 4 rings (SSSR count). The molecule has 2 N–H and O–H groups in total. The van der Waals surface area contributed by atoms with E-state index >= 15 is 0 Å². The van der Waals surface area contributed by atoms with Crippen LogP contribution in [0.5, 0.6) is 11.5 Å². The molecule has 2 aromatic carbocycles. The first-order chi connectivity index (χ1) is 15.2. The highest BCUT2D eigenvalue weighted by Gasteiger charge is 2.26. The number of nitrogens with one attached hydrogen (secondary N) is 2. The summed E-state index contributed by atoms with van der Waals surface area (Å²) in [6.07, 6.45) is 6.29. The molecule has 0 bridgehead atoms. The van der Waals surface area contributed by atoms with E-state index in [1.807, 2.05) is 30.3 Å². The van der Waals surface area contributed by atoms with Crippen molar-refractivity contribution in [1.29, 1.82) is 0 Å². The number of hydrogen-bond donors (Lipinski definition) is 2. The highest BCUT2D eigenvalue weighted by molar-refractivity contribution is 5.99. The van der Waals surface area contributed by atoms with E-state index in [1.54, 1.807) is 23.1 Å². The number of fused-ring (bicyclic) bond motifs is 1. The van der Waals surface area contributed by atoms with Crippen LogP contribution in [0.25, 0.3) is 0 Å². The van der Waals surface area contributed by atoms with Gasteiger partial charge in [-0.05, 0) is 49.6 Å². The van der Waals surface area contributed by atoms with Crippen molar-refractivity contribution in [3.8, 4) is 11.5 Å². The largest absolute Gasteiger partial charge is 0.494 e. The third-order valence-electron chi connectivity index (χ3n) is 5.64. The van der Waals surface area contributed by atoms with Gasteiger partial charge in [-0.25, -0.2) is 4.79 Å². The average molecular weight is 424 g/mol. The number of benzene rings is 2. The zero-order chi connectivity index (χ0) is 21.5. The molecule has 0 spiro atoms. The van der Waals surface area contributed by atoms with Crippen molar-refractivity contribution in [3.63, 3.8) is 0 Å². The number of para-hydroxylation sites is 1. The standard InChI is InChI=1S/C24H29N3O4/c28-23-17-31-22-13-12-19(26-24(29)25-18-8-3-1-4-9-18)16-21(22)27(23)14-7-15-30-20-10-5-2-6-11-20/h2,5-6,10-13,16,18H,1,3-4,7-9,14-15,17H2,(H2,25,26,29). The molecule has 0 aromatic heterocycles. The zero-order valence-electron chi connectivity index (χ0n) is 17.6. The summed E-state index contributed by atoms with van der Waals surface area (Å²) in [4.78, 5) is 26.6. The van der Waals surface area contributed by atoms with E-state index in [1.165, 1.54) is 6.42 Å². The molecule has 31 heavy (non-hydrogen) atoms. The molecule has 164 valence electrons. The lowest BCUT2D eigenvalue weighted by atomic mass is 9.96. The summed E-state index contributed by atoms with van der Waals surface area (Å²) in [5.74, 6) is 1.35. The molecule has 0 saturated heterocycles. The third-order valence-corrected chi connectivity index (χ3v) is 5.64. The van der Waals surface area contributed by atoms with Gasteiger partial charge >= 0.3 is 6.03 Å². The van der Waals surface area contributed by atoms with Crippen molar-refractivity contribution in [2.24, 2.45) is 0 Å². The quantitative estimate of drug-likeness (QED) is 0.650. The van der Waals surface area contributed by atoms with Gasteiger partial charge in [0.2, 0.25) is 0 Å². The number of ether oxygens (including phenoxy) is 2. The van der Waals surface area contributed by atoms with Gasteiger partial charge in [0, 0.05) is 18.3 Å². The molecule has 1 saturated carbocycles. The molecule has 0 unspecified atom stereocenters. The van der Waals surface area contributed by atoms with E-state index < -0.39 is 0 Å². The first-order valence-electron chi connectivity index (χ1n) is 11.0. The molecule has 3 amide bonds. The van der Waals surface area contributed by atoms with Crippen LogP contribution in [0, 0.1) is 0 Å². The molecule has 1 heterocycles. The molecule has 1 aliphatic heterocycles. The Labute approximate surface area is 182 Å². The maximum absolute atomic E-state index is 12.5. The number of carbonyl (C=O) groups excluding carboxylic acids is 2. The fraction of sp³-hybridized carbons (Fsp3) is 0.417. The van der Waals surface area contributed by atoms with Gasteiger partial charge in [-0.3, -0.25) is 4.79 Å². The van der Waals surface area contributed by atoms with Crippen molar-refractivity contribution in [1.82, 2.24) is 5.32 Å². The molecule has 2 aromatic rings. The molecule has 2 aliphatic rings. The first kappa shape index (κ1) is 21.0. The Kier molecular flexibility index (Phi) is 6.92. The summed E-state index contributed by atoms with van der Waals surface area (Å²) in [6, 6.07) is 15.0. The minimum atomic E-state index is -0.210. The van der Waals surface area contributed by atoms with Crippen LogP contribution in [0.1, 0.15) is 38.5 Å². The summed E-state index contributed by atoms with van der Waals surface area (Å²) in [5, 5.41) is 5.94. The second kappa shape index (κ2) is 10.2. The normalized spacial score (nSPS) is 16.3. The van der Waals surface area contributed by atoms with Gasteiger partial charge in [-0.2, -0.15) is 0 Å². The number of anilines is 2. The average Bonchev–Trinajstić information content (AvgIpc) is 2.79. The lowest BCUT2D eigenvalue weighted by Crippen LogP contribution is -2.40. The van der Waals surface area contributed by atoms with Gasteiger partial charge in [0.1, 0.15) is 11.5 Å². The van der Waals surface area contributed by atoms with Crippen molar-refractivity contribution >= 4 is 23.3 Å². The zero-order valence-corrected chi connectivity index (χ0v) is 17.6. The van der Waals surface area contributed by atoms with Crippen molar-refractivity contribution in [2.75, 3.05) is 30.0 Å². The molecular formula is C24H29N3O4. The Morgan fingerprint density at radius 2 is 1.90 bits per heavy atom. The summed E-state index contributed by atoms with van der Waals surface area (Å²) in [6.45, 7) is 1.03. The Morgan fingerprint density at radius 3 is 2.71 bits per heavy atom. The second-order valence-corrected chi connectivity index (χ2v) is 7.97. The van der Waals surface area contributed by atoms with Crippen LogP contribution < -0.4 is 25.0 Å². The lowest BCUT2D eigenvalue weighted by Gasteiger charge is -2.30. The lowest BCUT2D eigenvalue weighted by molar-refractivity contribution is -0.121. The Morgan fingerprint density at radius 1 is 1.10 bits per heavy atom. The fourth-order valence-corrected chi connectivity index (χ4v) is 4.05. The van der Waals surface area contributed by atoms with Crippen LogP contribution in [0.15, 0.2) is 48.5 Å². The molecule has 7 heteroatoms. The van der Waals surface area contributed by atoms with E-state index in [4.69, 9.17) is 9.47 Å². The highest BCUT2D eigenvalue weighted by Crippen LogP contribution is 2.34. The van der Waals surface area contributed by atoms with Gasteiger partial charge in [0.15, 0.2) is 6.61 Å². The van der Waals surface area contributed by atoms with E-state index in [2.05, 4.69) is 10.6 Å². The predicted molar refractivity (Wildman–Crippen MR) is 120 cm³/mol. The highest BCUT2D eigenvalue weighted by atomic mass is 16.5. The van der Waals surface area contributed by atoms with Crippen LogP contribution in [0.4, 0.5) is 16.2 Å². The summed E-state index contributed by atoms with van der Waals surface area (Å²) < 4.78 is 11.3. The van der Waals surface area contributed by atoms with Crippen molar-refractivity contribution < 1.29 is 19.1 Å². The first-order valence-corrected chi connectivity index (χ1v) is 11.0. The van der Waals surface area contributed by atoms with Crippen LogP contribution in [-0.2, 0) is 4.79 Å². The Hall–Kier alpha value is -3.22. The van der Waals surface area contributed by atoms with Crippen LogP contribution in [0.2, 0.25) is 0 Å². The third kappa shape index (κ3) is 5.69. The van der Waals surface area contributed by atoms with Crippen LogP contribution in [0.3, 0.4) is 0 Å². The smallest absolute Gasteiger partial charge is 0.319 e. The molecule has 0 atom stereocenters. The minimum absolute atomic E-state index is 0.0154. The van der Waals surface area contributed by atoms with Gasteiger partial charge in [-0.1, -0.05) is 37.5 Å². The summed E-state index contributed by atoms with van der Waals surface area (Å²) in [7, 11) is 0. The maximum Gasteiger partial charge on any atom is 0.319 e. The molecule has 1 aliphatic carbocycles. The molecular weight excluding hydrogens is 394 g/mol. The Balaban J connectivity index is 1.35. The second-order valence-electron chi connectivity index (χ2n) is 7.97. The van der Waals surface area contributed by atoms with E-state index in [0.29, 0.717) is 36.7 Å². The number of urea groups is 1. The summed E-state index contributed by atoms with van der Waals surface area (Å²) in [5.41, 5.74) is 1.31. The van der Waals surface area contributed by atoms with Gasteiger partial charge in [-0.15, -0.1) is 0 Å². The monoisotopic (exact) mass is 423 g/mol. The van der Waals surface area contributed by atoms with E-state index in [9.17, 15) is 9.59 Å². The van der Waals surface area contributed by atoms with Gasteiger partial charge in [0.05, 0.1) is 12.3 Å². The number of hydrogen-bond acceptors (Lipinski definition) is 4. The summed E-state index contributed by atoms with van der Waals surface area (Å²) >= 11 is 0. The van der Waals surface area contributed by atoms with E-state index in [-0.39, 0.29) is 24.6 Å². The topological polar surface area (TPSA) is 79.9 Å². The van der Waals surface area contributed by atoms with Crippen LogP contribution >= 0.6 is 0 Å². The number of nitrogens with zero attached hydrogens (tertiary/aromatic N) is 1. The SMILES string of the molecule is O=C(Nc1ccc2c(c1)N(CCCOc1ccccc1)C(=O)CO2)NC1CCCCC1. The fourth-order valence-electron chi connectivity index (χ4n) is 4.05. The Bertz CT molecular complexity index is 897. The van der Waals surface area contributed by atoms with Crippen molar-refractivity contribution in [3.05, 3.63) is 48.5 Å². The maximum atomic E-state index is 12.5. The van der Waals surface area contributed by atoms with Crippen LogP contribution in [-0.4, -0.2) is 37.7 Å². The molecule has 7 nitrogen and oxygen atoms in total. The van der Waals surface area contributed by atoms with E-state index in [0.717, 1.165) is 31.4 Å². The number of amides is 3. The molecule has 0 radical (unpaired) electrons. The number of rotatable bonds is 7.